The van der Waals surface area contributed by atoms with Crippen LogP contribution in [0.5, 0.6) is 0 Å². The summed E-state index contributed by atoms with van der Waals surface area (Å²) in [5.74, 6) is 0.128. The van der Waals surface area contributed by atoms with E-state index in [1.165, 1.54) is 0 Å². The summed E-state index contributed by atoms with van der Waals surface area (Å²) in [6, 6.07) is 0.105. The molecular formula is C12H24N2O2. The molecule has 4 heteroatoms. The molecule has 1 saturated carbocycles. The van der Waals surface area contributed by atoms with E-state index >= 15 is 0 Å². The van der Waals surface area contributed by atoms with Crippen LogP contribution >= 0.6 is 0 Å². The standard InChI is InChI=1S/C12H24N2O2/c1-3-14(4-2)12(16)9-13-10-7-5-6-8-11(10)15/h10-11,13,15H,3-9H2,1-2H3/t10-,11-/m1/s1. The summed E-state index contributed by atoms with van der Waals surface area (Å²) in [6.07, 6.45) is 3.81. The summed E-state index contributed by atoms with van der Waals surface area (Å²) < 4.78 is 0. The van der Waals surface area contributed by atoms with Crippen molar-refractivity contribution < 1.29 is 9.90 Å². The van der Waals surface area contributed by atoms with Crippen molar-refractivity contribution >= 4 is 5.91 Å². The number of rotatable bonds is 5. The second kappa shape index (κ2) is 6.86. The summed E-state index contributed by atoms with van der Waals surface area (Å²) in [4.78, 5) is 13.5. The smallest absolute Gasteiger partial charge is 0.236 e. The molecule has 2 N–H and O–H groups in total. The average molecular weight is 228 g/mol. The van der Waals surface area contributed by atoms with E-state index in [4.69, 9.17) is 0 Å². The maximum Gasteiger partial charge on any atom is 0.236 e. The van der Waals surface area contributed by atoms with Gasteiger partial charge >= 0.3 is 0 Å². The fraction of sp³-hybridized carbons (Fsp3) is 0.917. The lowest BCUT2D eigenvalue weighted by Gasteiger charge is -2.29. The Bertz CT molecular complexity index is 217. The molecule has 0 aromatic carbocycles. The molecule has 0 heterocycles. The van der Waals surface area contributed by atoms with E-state index < -0.39 is 0 Å². The van der Waals surface area contributed by atoms with E-state index in [9.17, 15) is 9.90 Å². The lowest BCUT2D eigenvalue weighted by molar-refractivity contribution is -0.130. The maximum atomic E-state index is 11.7. The highest BCUT2D eigenvalue weighted by Gasteiger charge is 2.23. The molecule has 0 radical (unpaired) electrons. The van der Waals surface area contributed by atoms with Crippen molar-refractivity contribution in [3.8, 4) is 0 Å². The molecule has 0 spiro atoms. The molecular weight excluding hydrogens is 204 g/mol. The molecule has 1 aliphatic carbocycles. The molecule has 1 aliphatic rings. The molecule has 4 nitrogen and oxygen atoms in total. The average Bonchev–Trinajstić information content (AvgIpc) is 2.29. The summed E-state index contributed by atoms with van der Waals surface area (Å²) in [5.41, 5.74) is 0. The summed E-state index contributed by atoms with van der Waals surface area (Å²) in [5, 5.41) is 12.9. The van der Waals surface area contributed by atoms with Crippen LogP contribution in [-0.4, -0.2) is 47.7 Å². The third-order valence-electron chi connectivity index (χ3n) is 3.36. The number of nitrogens with one attached hydrogen (secondary N) is 1. The fourth-order valence-electron chi connectivity index (χ4n) is 2.26. The van der Waals surface area contributed by atoms with Crippen LogP contribution in [0.2, 0.25) is 0 Å². The Kier molecular flexibility index (Phi) is 5.77. The molecule has 1 fully saturated rings. The van der Waals surface area contributed by atoms with Gasteiger partial charge in [0.15, 0.2) is 0 Å². The minimum Gasteiger partial charge on any atom is -0.392 e. The van der Waals surface area contributed by atoms with Crippen LogP contribution in [0.3, 0.4) is 0 Å². The first-order valence-corrected chi connectivity index (χ1v) is 6.38. The van der Waals surface area contributed by atoms with E-state index in [0.29, 0.717) is 6.54 Å². The number of hydrogen-bond acceptors (Lipinski definition) is 3. The number of nitrogens with zero attached hydrogens (tertiary/aromatic N) is 1. The lowest BCUT2D eigenvalue weighted by atomic mass is 9.92. The van der Waals surface area contributed by atoms with Gasteiger partial charge in [0.2, 0.25) is 5.91 Å². The van der Waals surface area contributed by atoms with Crippen LogP contribution in [0.15, 0.2) is 0 Å². The summed E-state index contributed by atoms with van der Waals surface area (Å²) in [7, 11) is 0. The number of aliphatic hydroxyl groups excluding tert-OH is 1. The lowest BCUT2D eigenvalue weighted by Crippen LogP contribution is -2.47. The third-order valence-corrected chi connectivity index (χ3v) is 3.36. The maximum absolute atomic E-state index is 11.7. The van der Waals surface area contributed by atoms with E-state index in [1.807, 2.05) is 18.7 Å². The number of likely N-dealkylation sites (N-methyl/N-ethyl adjacent to an activating group) is 1. The van der Waals surface area contributed by atoms with Crippen LogP contribution in [0.25, 0.3) is 0 Å². The quantitative estimate of drug-likeness (QED) is 0.730. The molecule has 0 saturated heterocycles. The van der Waals surface area contributed by atoms with E-state index in [1.54, 1.807) is 0 Å². The Morgan fingerprint density at radius 1 is 1.31 bits per heavy atom. The predicted molar refractivity (Wildman–Crippen MR) is 64.2 cm³/mol. The molecule has 0 bridgehead atoms. The van der Waals surface area contributed by atoms with Gasteiger partial charge in [-0.3, -0.25) is 4.79 Å². The van der Waals surface area contributed by atoms with Crippen molar-refractivity contribution in [2.45, 2.75) is 51.7 Å². The Morgan fingerprint density at radius 2 is 1.94 bits per heavy atom. The minimum absolute atomic E-state index is 0.105. The summed E-state index contributed by atoms with van der Waals surface area (Å²) in [6.45, 7) is 5.82. The topological polar surface area (TPSA) is 52.6 Å². The number of hydrogen-bond donors (Lipinski definition) is 2. The number of carbonyl (C=O) groups is 1. The van der Waals surface area contributed by atoms with Crippen LogP contribution in [0.4, 0.5) is 0 Å². The SMILES string of the molecule is CCN(CC)C(=O)CN[C@@H]1CCCC[C@H]1O. The Labute approximate surface area is 98.0 Å². The zero-order valence-corrected chi connectivity index (χ0v) is 10.4. The molecule has 1 rings (SSSR count). The Balaban J connectivity index is 2.29. The highest BCUT2D eigenvalue weighted by Crippen LogP contribution is 2.18. The monoisotopic (exact) mass is 228 g/mol. The minimum atomic E-state index is -0.279. The van der Waals surface area contributed by atoms with Gasteiger partial charge in [0, 0.05) is 19.1 Å². The first-order valence-electron chi connectivity index (χ1n) is 6.38. The summed E-state index contributed by atoms with van der Waals surface area (Å²) >= 11 is 0. The van der Waals surface area contributed by atoms with Gasteiger partial charge in [-0.25, -0.2) is 0 Å². The van der Waals surface area contributed by atoms with Gasteiger partial charge in [0.1, 0.15) is 0 Å². The fourth-order valence-corrected chi connectivity index (χ4v) is 2.26. The van der Waals surface area contributed by atoms with Crippen LogP contribution in [0, 0.1) is 0 Å². The van der Waals surface area contributed by atoms with Gasteiger partial charge in [-0.1, -0.05) is 12.8 Å². The van der Waals surface area contributed by atoms with Gasteiger partial charge < -0.3 is 15.3 Å². The van der Waals surface area contributed by atoms with Gasteiger partial charge in [0.05, 0.1) is 12.6 Å². The number of aliphatic hydroxyl groups is 1. The molecule has 0 aliphatic heterocycles. The highest BCUT2D eigenvalue weighted by molar-refractivity contribution is 5.78. The largest absolute Gasteiger partial charge is 0.392 e. The van der Waals surface area contributed by atoms with Crippen molar-refractivity contribution in [2.24, 2.45) is 0 Å². The van der Waals surface area contributed by atoms with Crippen molar-refractivity contribution in [1.29, 1.82) is 0 Å². The second-order valence-corrected chi connectivity index (χ2v) is 4.41. The zero-order valence-electron chi connectivity index (χ0n) is 10.4. The Hall–Kier alpha value is -0.610. The number of amides is 1. The van der Waals surface area contributed by atoms with Crippen molar-refractivity contribution in [2.75, 3.05) is 19.6 Å². The van der Waals surface area contributed by atoms with E-state index in [-0.39, 0.29) is 18.1 Å². The van der Waals surface area contributed by atoms with Gasteiger partial charge in [0.25, 0.3) is 0 Å². The molecule has 2 atom stereocenters. The molecule has 0 aromatic rings. The van der Waals surface area contributed by atoms with Gasteiger partial charge in [-0.15, -0.1) is 0 Å². The first kappa shape index (κ1) is 13.5. The van der Waals surface area contributed by atoms with Crippen molar-refractivity contribution in [3.05, 3.63) is 0 Å². The Morgan fingerprint density at radius 3 is 2.50 bits per heavy atom. The molecule has 1 amide bonds. The predicted octanol–water partition coefficient (Wildman–Crippen LogP) is 0.748. The van der Waals surface area contributed by atoms with Crippen molar-refractivity contribution in [3.63, 3.8) is 0 Å². The normalized spacial score (nSPS) is 25.4. The van der Waals surface area contributed by atoms with Crippen LogP contribution < -0.4 is 5.32 Å². The van der Waals surface area contributed by atoms with Gasteiger partial charge in [-0.05, 0) is 26.7 Å². The first-order chi connectivity index (χ1) is 7.69. The van der Waals surface area contributed by atoms with E-state index in [0.717, 1.165) is 38.8 Å². The van der Waals surface area contributed by atoms with Gasteiger partial charge in [-0.2, -0.15) is 0 Å². The van der Waals surface area contributed by atoms with Crippen LogP contribution in [-0.2, 0) is 4.79 Å². The molecule has 0 unspecified atom stereocenters. The third kappa shape index (κ3) is 3.76. The molecule has 94 valence electrons. The zero-order chi connectivity index (χ0) is 12.0. The second-order valence-electron chi connectivity index (χ2n) is 4.41. The highest BCUT2D eigenvalue weighted by atomic mass is 16.3. The number of carbonyl (C=O) groups excluding carboxylic acids is 1. The molecule has 16 heavy (non-hydrogen) atoms. The van der Waals surface area contributed by atoms with Crippen LogP contribution in [0.1, 0.15) is 39.5 Å². The van der Waals surface area contributed by atoms with E-state index in [2.05, 4.69) is 5.32 Å². The van der Waals surface area contributed by atoms with Crippen molar-refractivity contribution in [1.82, 2.24) is 10.2 Å². The molecule has 0 aromatic heterocycles.